The highest BCUT2D eigenvalue weighted by molar-refractivity contribution is 8.00. The van der Waals surface area contributed by atoms with E-state index in [1.807, 2.05) is 32.2 Å². The second kappa shape index (κ2) is 4.98. The number of hydrogen-bond acceptors (Lipinski definition) is 4. The summed E-state index contributed by atoms with van der Waals surface area (Å²) in [6, 6.07) is 6.05. The number of nitrogens with zero attached hydrogens (tertiary/aromatic N) is 1. The average Bonchev–Trinajstić information content (AvgIpc) is 2.32. The summed E-state index contributed by atoms with van der Waals surface area (Å²) in [4.78, 5) is 14.9. The van der Waals surface area contributed by atoms with Gasteiger partial charge in [0, 0.05) is 30.2 Å². The largest absolute Gasteiger partial charge is 0.388 e. The third kappa shape index (κ3) is 2.56. The smallest absolute Gasteiger partial charge is 0.237 e. The highest BCUT2D eigenvalue weighted by atomic mass is 32.2. The topological polar surface area (TPSA) is 58.4 Å². The third-order valence-corrected chi connectivity index (χ3v) is 3.71. The van der Waals surface area contributed by atoms with Gasteiger partial charge in [0.15, 0.2) is 0 Å². The van der Waals surface area contributed by atoms with Gasteiger partial charge in [-0.15, -0.1) is 11.8 Å². The SMILES string of the molecule is CNc1ccc2c(c1)N(CC(C)N)C(=O)CS2. The van der Waals surface area contributed by atoms with Crippen molar-refractivity contribution in [1.29, 1.82) is 0 Å². The van der Waals surface area contributed by atoms with Crippen molar-refractivity contribution in [1.82, 2.24) is 0 Å². The summed E-state index contributed by atoms with van der Waals surface area (Å²) < 4.78 is 0. The van der Waals surface area contributed by atoms with E-state index in [-0.39, 0.29) is 11.9 Å². The molecule has 0 spiro atoms. The summed E-state index contributed by atoms with van der Waals surface area (Å²) in [6.07, 6.45) is 0. The van der Waals surface area contributed by atoms with Crippen LogP contribution in [0.2, 0.25) is 0 Å². The van der Waals surface area contributed by atoms with Crippen molar-refractivity contribution in [2.75, 3.05) is 29.6 Å². The Labute approximate surface area is 106 Å². The molecule has 0 fully saturated rings. The number of carbonyl (C=O) groups excluding carboxylic acids is 1. The Morgan fingerprint density at radius 3 is 3.00 bits per heavy atom. The van der Waals surface area contributed by atoms with Crippen molar-refractivity contribution >= 4 is 29.0 Å². The Hall–Kier alpha value is -1.20. The number of anilines is 2. The van der Waals surface area contributed by atoms with Gasteiger partial charge < -0.3 is 16.0 Å². The minimum Gasteiger partial charge on any atom is -0.388 e. The fraction of sp³-hybridized carbons (Fsp3) is 0.417. The average molecular weight is 251 g/mol. The molecule has 0 saturated carbocycles. The van der Waals surface area contributed by atoms with Crippen LogP contribution >= 0.6 is 11.8 Å². The number of nitrogens with two attached hydrogens (primary N) is 1. The monoisotopic (exact) mass is 251 g/mol. The summed E-state index contributed by atoms with van der Waals surface area (Å²) >= 11 is 1.59. The van der Waals surface area contributed by atoms with E-state index in [1.165, 1.54) is 0 Å². The van der Waals surface area contributed by atoms with Gasteiger partial charge in [0.2, 0.25) is 5.91 Å². The van der Waals surface area contributed by atoms with Crippen LogP contribution in [0.1, 0.15) is 6.92 Å². The molecule has 0 aliphatic carbocycles. The van der Waals surface area contributed by atoms with Crippen LogP contribution in [0.25, 0.3) is 0 Å². The molecule has 1 amide bonds. The Morgan fingerprint density at radius 1 is 1.59 bits per heavy atom. The van der Waals surface area contributed by atoms with Crippen LogP contribution in [0.5, 0.6) is 0 Å². The molecule has 4 nitrogen and oxygen atoms in total. The maximum absolute atomic E-state index is 11.9. The van der Waals surface area contributed by atoms with E-state index in [9.17, 15) is 4.79 Å². The molecular weight excluding hydrogens is 234 g/mol. The zero-order chi connectivity index (χ0) is 12.4. The van der Waals surface area contributed by atoms with Crippen molar-refractivity contribution in [3.63, 3.8) is 0 Å². The standard InChI is InChI=1S/C12H17N3OS/c1-8(13)6-15-10-5-9(14-2)3-4-11(10)17-7-12(15)16/h3-5,8,14H,6-7,13H2,1-2H3. The molecule has 0 radical (unpaired) electrons. The maximum Gasteiger partial charge on any atom is 0.237 e. The number of hydrogen-bond donors (Lipinski definition) is 2. The summed E-state index contributed by atoms with van der Waals surface area (Å²) in [7, 11) is 1.87. The van der Waals surface area contributed by atoms with Gasteiger partial charge in [-0.1, -0.05) is 0 Å². The number of nitrogens with one attached hydrogen (secondary N) is 1. The summed E-state index contributed by atoms with van der Waals surface area (Å²) in [5.74, 6) is 0.631. The molecule has 2 rings (SSSR count). The number of amides is 1. The van der Waals surface area contributed by atoms with Gasteiger partial charge in [0.05, 0.1) is 11.4 Å². The van der Waals surface area contributed by atoms with Crippen molar-refractivity contribution in [2.45, 2.75) is 17.9 Å². The molecule has 0 saturated heterocycles. The van der Waals surface area contributed by atoms with E-state index in [0.29, 0.717) is 12.3 Å². The maximum atomic E-state index is 11.9. The number of benzene rings is 1. The molecule has 1 aromatic carbocycles. The highest BCUT2D eigenvalue weighted by Crippen LogP contribution is 2.37. The molecule has 5 heteroatoms. The fourth-order valence-electron chi connectivity index (χ4n) is 1.85. The predicted octanol–water partition coefficient (Wildman–Crippen LogP) is 1.51. The van der Waals surface area contributed by atoms with Crippen LogP contribution in [0.3, 0.4) is 0 Å². The molecule has 0 bridgehead atoms. The molecule has 0 aromatic heterocycles. The van der Waals surface area contributed by atoms with E-state index >= 15 is 0 Å². The van der Waals surface area contributed by atoms with Crippen LogP contribution in [0.4, 0.5) is 11.4 Å². The summed E-state index contributed by atoms with van der Waals surface area (Å²) in [6.45, 7) is 2.48. The summed E-state index contributed by atoms with van der Waals surface area (Å²) in [5, 5.41) is 3.09. The molecule has 17 heavy (non-hydrogen) atoms. The van der Waals surface area contributed by atoms with Gasteiger partial charge >= 0.3 is 0 Å². The number of rotatable bonds is 3. The van der Waals surface area contributed by atoms with Crippen LogP contribution in [-0.4, -0.2) is 31.3 Å². The van der Waals surface area contributed by atoms with Gasteiger partial charge in [0.1, 0.15) is 0 Å². The fourth-order valence-corrected chi connectivity index (χ4v) is 2.76. The Kier molecular flexibility index (Phi) is 3.59. The minimum absolute atomic E-state index is 0.0202. The van der Waals surface area contributed by atoms with Crippen molar-refractivity contribution in [2.24, 2.45) is 5.73 Å². The highest BCUT2D eigenvalue weighted by Gasteiger charge is 2.25. The van der Waals surface area contributed by atoms with E-state index in [1.54, 1.807) is 16.7 Å². The number of thioether (sulfide) groups is 1. The second-order valence-corrected chi connectivity index (χ2v) is 5.22. The van der Waals surface area contributed by atoms with E-state index in [4.69, 9.17) is 5.73 Å². The van der Waals surface area contributed by atoms with Crippen molar-refractivity contribution in [3.05, 3.63) is 18.2 Å². The molecule has 1 atom stereocenters. The molecule has 1 aromatic rings. The molecule has 92 valence electrons. The lowest BCUT2D eigenvalue weighted by Gasteiger charge is -2.30. The molecule has 3 N–H and O–H groups in total. The molecular formula is C12H17N3OS. The first-order valence-corrected chi connectivity index (χ1v) is 6.61. The van der Waals surface area contributed by atoms with Gasteiger partial charge in [-0.3, -0.25) is 4.79 Å². The van der Waals surface area contributed by atoms with Crippen LogP contribution in [0, 0.1) is 0 Å². The Morgan fingerprint density at radius 2 is 2.35 bits per heavy atom. The van der Waals surface area contributed by atoms with E-state index in [2.05, 4.69) is 5.32 Å². The van der Waals surface area contributed by atoms with Gasteiger partial charge in [0.25, 0.3) is 0 Å². The normalized spacial score (nSPS) is 16.6. The minimum atomic E-state index is -0.0202. The Balaban J connectivity index is 2.37. The van der Waals surface area contributed by atoms with Gasteiger partial charge in [-0.25, -0.2) is 0 Å². The van der Waals surface area contributed by atoms with E-state index in [0.717, 1.165) is 16.3 Å². The zero-order valence-corrected chi connectivity index (χ0v) is 10.9. The predicted molar refractivity (Wildman–Crippen MR) is 72.7 cm³/mol. The summed E-state index contributed by atoms with van der Waals surface area (Å²) in [5.41, 5.74) is 7.77. The quantitative estimate of drug-likeness (QED) is 0.855. The Bertz CT molecular complexity index is 434. The van der Waals surface area contributed by atoms with E-state index < -0.39 is 0 Å². The second-order valence-electron chi connectivity index (χ2n) is 4.20. The zero-order valence-electron chi connectivity index (χ0n) is 10.1. The first-order chi connectivity index (χ1) is 8.11. The third-order valence-electron chi connectivity index (χ3n) is 2.66. The van der Waals surface area contributed by atoms with Crippen LogP contribution in [0.15, 0.2) is 23.1 Å². The molecule has 1 aliphatic heterocycles. The number of fused-ring (bicyclic) bond motifs is 1. The van der Waals surface area contributed by atoms with Crippen molar-refractivity contribution in [3.8, 4) is 0 Å². The van der Waals surface area contributed by atoms with Gasteiger partial charge in [-0.05, 0) is 25.1 Å². The first-order valence-electron chi connectivity index (χ1n) is 5.62. The lowest BCUT2D eigenvalue weighted by Crippen LogP contribution is -2.42. The number of carbonyl (C=O) groups is 1. The lowest BCUT2D eigenvalue weighted by molar-refractivity contribution is -0.116. The molecule has 1 unspecified atom stereocenters. The molecule has 1 aliphatic rings. The van der Waals surface area contributed by atoms with Gasteiger partial charge in [-0.2, -0.15) is 0 Å². The molecule has 1 heterocycles. The van der Waals surface area contributed by atoms with Crippen LogP contribution in [-0.2, 0) is 4.79 Å². The first kappa shape index (κ1) is 12.3. The lowest BCUT2D eigenvalue weighted by atomic mass is 10.2. The van der Waals surface area contributed by atoms with Crippen molar-refractivity contribution < 1.29 is 4.79 Å². The van der Waals surface area contributed by atoms with Crippen LogP contribution < -0.4 is 16.0 Å².